The van der Waals surface area contributed by atoms with E-state index >= 15 is 0 Å². The Bertz CT molecular complexity index is 611. The fourth-order valence-corrected chi connectivity index (χ4v) is 3.42. The minimum absolute atomic E-state index is 0.309. The van der Waals surface area contributed by atoms with Crippen molar-refractivity contribution in [2.24, 2.45) is 11.7 Å². The Hall–Kier alpha value is -1.61. The van der Waals surface area contributed by atoms with E-state index in [0.29, 0.717) is 18.6 Å². The van der Waals surface area contributed by atoms with Crippen LogP contribution in [0, 0.1) is 5.92 Å². The molecule has 1 fully saturated rings. The Balaban J connectivity index is 1.93. The lowest BCUT2D eigenvalue weighted by atomic mass is 9.85. The van der Waals surface area contributed by atoms with E-state index in [0.717, 1.165) is 28.6 Å². The van der Waals surface area contributed by atoms with Crippen LogP contribution in [0.2, 0.25) is 0 Å². The number of nitrogens with two attached hydrogens (primary N) is 1. The monoisotopic (exact) mass is 284 g/mol. The maximum absolute atomic E-state index is 6.32. The summed E-state index contributed by atoms with van der Waals surface area (Å²) in [6.07, 6.45) is 8.37. The van der Waals surface area contributed by atoms with Crippen molar-refractivity contribution in [3.8, 4) is 5.88 Å². The molecule has 1 heterocycles. The van der Waals surface area contributed by atoms with Crippen LogP contribution in [0.15, 0.2) is 30.5 Å². The topological polar surface area (TPSA) is 48.1 Å². The van der Waals surface area contributed by atoms with Crippen molar-refractivity contribution in [1.82, 2.24) is 4.98 Å². The number of benzene rings is 1. The molecule has 2 unspecified atom stereocenters. The third-order valence-corrected chi connectivity index (χ3v) is 4.69. The number of hydrogen-bond donors (Lipinski definition) is 1. The predicted molar refractivity (Wildman–Crippen MR) is 86.3 cm³/mol. The minimum atomic E-state index is 0.309. The zero-order valence-electron chi connectivity index (χ0n) is 12.7. The van der Waals surface area contributed by atoms with E-state index in [1.807, 2.05) is 18.3 Å². The first kappa shape index (κ1) is 14.3. The molecular weight excluding hydrogens is 260 g/mol. The smallest absolute Gasteiger partial charge is 0.221 e. The Morgan fingerprint density at radius 3 is 2.71 bits per heavy atom. The first-order valence-corrected chi connectivity index (χ1v) is 8.06. The van der Waals surface area contributed by atoms with E-state index in [2.05, 4.69) is 24.0 Å². The average molecular weight is 284 g/mol. The van der Waals surface area contributed by atoms with Gasteiger partial charge in [0.25, 0.3) is 0 Å². The molecule has 0 amide bonds. The molecule has 3 nitrogen and oxygen atoms in total. The predicted octanol–water partition coefficient (Wildman–Crippen LogP) is 4.04. The summed E-state index contributed by atoms with van der Waals surface area (Å²) < 4.78 is 6.32. The van der Waals surface area contributed by atoms with Gasteiger partial charge in [-0.2, -0.15) is 0 Å². The quantitative estimate of drug-likeness (QED) is 0.921. The van der Waals surface area contributed by atoms with Crippen LogP contribution in [-0.4, -0.2) is 11.1 Å². The van der Waals surface area contributed by atoms with Crippen LogP contribution in [-0.2, 0) is 6.54 Å². The number of hydrogen-bond acceptors (Lipinski definition) is 3. The van der Waals surface area contributed by atoms with Crippen molar-refractivity contribution in [3.63, 3.8) is 0 Å². The summed E-state index contributed by atoms with van der Waals surface area (Å²) in [5.74, 6) is 1.43. The van der Waals surface area contributed by atoms with Gasteiger partial charge in [-0.15, -0.1) is 0 Å². The number of fused-ring (bicyclic) bond motifs is 1. The molecule has 0 aliphatic heterocycles. The molecule has 21 heavy (non-hydrogen) atoms. The van der Waals surface area contributed by atoms with E-state index in [1.165, 1.54) is 25.7 Å². The largest absolute Gasteiger partial charge is 0.474 e. The third-order valence-electron chi connectivity index (χ3n) is 4.69. The number of aromatic nitrogens is 1. The SMILES string of the molecule is CCC1CCCCC1Oc1ncc(CN)c2ccccc12. The molecule has 1 aromatic heterocycles. The Morgan fingerprint density at radius 1 is 1.19 bits per heavy atom. The van der Waals surface area contributed by atoms with Crippen LogP contribution >= 0.6 is 0 Å². The summed E-state index contributed by atoms with van der Waals surface area (Å²) >= 11 is 0. The second-order valence-corrected chi connectivity index (χ2v) is 5.95. The van der Waals surface area contributed by atoms with Crippen LogP contribution in [0.4, 0.5) is 0 Å². The lowest BCUT2D eigenvalue weighted by Gasteiger charge is -2.31. The zero-order valence-corrected chi connectivity index (χ0v) is 12.7. The fourth-order valence-electron chi connectivity index (χ4n) is 3.42. The highest BCUT2D eigenvalue weighted by molar-refractivity contribution is 5.89. The van der Waals surface area contributed by atoms with Gasteiger partial charge in [0.05, 0.1) is 0 Å². The van der Waals surface area contributed by atoms with Crippen molar-refractivity contribution in [3.05, 3.63) is 36.0 Å². The summed E-state index contributed by atoms with van der Waals surface area (Å²) in [5.41, 5.74) is 6.89. The van der Waals surface area contributed by atoms with Crippen LogP contribution in [0.3, 0.4) is 0 Å². The maximum Gasteiger partial charge on any atom is 0.221 e. The van der Waals surface area contributed by atoms with E-state index in [1.54, 1.807) is 0 Å². The van der Waals surface area contributed by atoms with Gasteiger partial charge in [0.1, 0.15) is 6.10 Å². The third kappa shape index (κ3) is 2.88. The van der Waals surface area contributed by atoms with E-state index in [-0.39, 0.29) is 0 Å². The molecule has 0 radical (unpaired) electrons. The lowest BCUT2D eigenvalue weighted by Crippen LogP contribution is -2.30. The lowest BCUT2D eigenvalue weighted by molar-refractivity contribution is 0.0875. The highest BCUT2D eigenvalue weighted by atomic mass is 16.5. The summed E-state index contributed by atoms with van der Waals surface area (Å²) in [6, 6.07) is 8.26. The molecule has 2 atom stereocenters. The normalized spacial score (nSPS) is 22.4. The van der Waals surface area contributed by atoms with Crippen LogP contribution < -0.4 is 10.5 Å². The molecule has 1 aliphatic carbocycles. The highest BCUT2D eigenvalue weighted by Crippen LogP contribution is 2.33. The molecule has 0 saturated heterocycles. The van der Waals surface area contributed by atoms with E-state index < -0.39 is 0 Å². The molecular formula is C18H24N2O. The van der Waals surface area contributed by atoms with Crippen LogP contribution in [0.25, 0.3) is 10.8 Å². The average Bonchev–Trinajstić information content (AvgIpc) is 2.55. The molecule has 112 valence electrons. The molecule has 1 aliphatic rings. The molecule has 1 saturated carbocycles. The summed E-state index contributed by atoms with van der Waals surface area (Å²) in [7, 11) is 0. The number of ether oxygens (including phenoxy) is 1. The summed E-state index contributed by atoms with van der Waals surface area (Å²) in [6.45, 7) is 2.77. The Labute approximate surface area is 126 Å². The van der Waals surface area contributed by atoms with Crippen molar-refractivity contribution in [2.45, 2.75) is 51.7 Å². The standard InChI is InChI=1S/C18H24N2O/c1-2-13-7-3-6-10-17(13)21-18-16-9-5-4-8-15(16)14(11-19)12-20-18/h4-5,8-9,12-13,17H,2-3,6-7,10-11,19H2,1H3. The van der Waals surface area contributed by atoms with Crippen molar-refractivity contribution in [1.29, 1.82) is 0 Å². The summed E-state index contributed by atoms with van der Waals surface area (Å²) in [4.78, 5) is 4.54. The highest BCUT2D eigenvalue weighted by Gasteiger charge is 2.26. The van der Waals surface area contributed by atoms with Gasteiger partial charge in [0, 0.05) is 18.1 Å². The molecule has 2 aromatic rings. The maximum atomic E-state index is 6.32. The van der Waals surface area contributed by atoms with Crippen molar-refractivity contribution in [2.75, 3.05) is 0 Å². The zero-order chi connectivity index (χ0) is 14.7. The van der Waals surface area contributed by atoms with Gasteiger partial charge in [0.2, 0.25) is 5.88 Å². The van der Waals surface area contributed by atoms with Gasteiger partial charge >= 0.3 is 0 Å². The van der Waals surface area contributed by atoms with Gasteiger partial charge in [-0.1, -0.05) is 31.5 Å². The molecule has 3 heteroatoms. The Morgan fingerprint density at radius 2 is 1.95 bits per heavy atom. The van der Waals surface area contributed by atoms with Gasteiger partial charge in [-0.3, -0.25) is 0 Å². The molecule has 3 rings (SSSR count). The first-order chi connectivity index (χ1) is 10.3. The van der Waals surface area contributed by atoms with Gasteiger partial charge in [-0.05, 0) is 48.6 Å². The molecule has 0 spiro atoms. The van der Waals surface area contributed by atoms with Crippen molar-refractivity contribution >= 4 is 10.8 Å². The fraction of sp³-hybridized carbons (Fsp3) is 0.500. The van der Waals surface area contributed by atoms with E-state index in [9.17, 15) is 0 Å². The number of rotatable bonds is 4. The molecule has 2 N–H and O–H groups in total. The second-order valence-electron chi connectivity index (χ2n) is 5.95. The minimum Gasteiger partial charge on any atom is -0.474 e. The van der Waals surface area contributed by atoms with E-state index in [4.69, 9.17) is 10.5 Å². The van der Waals surface area contributed by atoms with Gasteiger partial charge in [0.15, 0.2) is 0 Å². The van der Waals surface area contributed by atoms with Crippen LogP contribution in [0.1, 0.15) is 44.6 Å². The van der Waals surface area contributed by atoms with Crippen molar-refractivity contribution < 1.29 is 4.74 Å². The van der Waals surface area contributed by atoms with Crippen LogP contribution in [0.5, 0.6) is 5.88 Å². The Kier molecular flexibility index (Phi) is 4.39. The van der Waals surface area contributed by atoms with Gasteiger partial charge in [-0.25, -0.2) is 4.98 Å². The first-order valence-electron chi connectivity index (χ1n) is 8.06. The summed E-state index contributed by atoms with van der Waals surface area (Å²) in [5, 5.41) is 2.25. The number of pyridine rings is 1. The molecule has 0 bridgehead atoms. The second kappa shape index (κ2) is 6.44. The number of nitrogens with zero attached hydrogens (tertiary/aromatic N) is 1. The molecule has 1 aromatic carbocycles. The van der Waals surface area contributed by atoms with Gasteiger partial charge < -0.3 is 10.5 Å².